The molecule has 1 aromatic rings. The number of likely N-dealkylation sites (tertiary alicyclic amines) is 1. The van der Waals surface area contributed by atoms with Crippen molar-refractivity contribution in [2.75, 3.05) is 64.4 Å². The highest BCUT2D eigenvalue weighted by Crippen LogP contribution is 2.17. The first-order valence-electron chi connectivity index (χ1n) is 10.9. The fourth-order valence-corrected chi connectivity index (χ4v) is 5.01. The zero-order chi connectivity index (χ0) is 21.3. The number of amides is 2. The number of piperazine rings is 1. The van der Waals surface area contributed by atoms with E-state index in [2.05, 4.69) is 31.0 Å². The summed E-state index contributed by atoms with van der Waals surface area (Å²) in [6.07, 6.45) is 5.32. The standard InChI is InChI=1S/C22H33BrN4O2S/c1-30-17-8-20(24-21(28)18-6-2-3-7-19(18)23)22(29)27-15-13-26(14-16-27)12-11-25-9-4-5-10-25/h2-3,6-7,20H,4-5,8-17H2,1H3,(H,24,28). The summed E-state index contributed by atoms with van der Waals surface area (Å²) in [6.45, 7) is 7.96. The van der Waals surface area contributed by atoms with Crippen LogP contribution in [0.25, 0.3) is 0 Å². The van der Waals surface area contributed by atoms with Crippen LogP contribution in [0.5, 0.6) is 0 Å². The second kappa shape index (κ2) is 12.1. The van der Waals surface area contributed by atoms with Gasteiger partial charge in [-0.3, -0.25) is 14.5 Å². The van der Waals surface area contributed by atoms with E-state index < -0.39 is 6.04 Å². The van der Waals surface area contributed by atoms with Crippen LogP contribution < -0.4 is 5.32 Å². The van der Waals surface area contributed by atoms with Crippen molar-refractivity contribution in [3.8, 4) is 0 Å². The van der Waals surface area contributed by atoms with E-state index in [0.29, 0.717) is 12.0 Å². The monoisotopic (exact) mass is 496 g/mol. The molecule has 0 saturated carbocycles. The molecule has 166 valence electrons. The molecule has 3 rings (SSSR count). The van der Waals surface area contributed by atoms with Crippen molar-refractivity contribution >= 4 is 39.5 Å². The Balaban J connectivity index is 1.52. The highest BCUT2D eigenvalue weighted by Gasteiger charge is 2.29. The summed E-state index contributed by atoms with van der Waals surface area (Å²) in [4.78, 5) is 32.9. The molecule has 6 nitrogen and oxygen atoms in total. The summed E-state index contributed by atoms with van der Waals surface area (Å²) in [5.41, 5.74) is 0.561. The van der Waals surface area contributed by atoms with Crippen molar-refractivity contribution < 1.29 is 9.59 Å². The van der Waals surface area contributed by atoms with Crippen LogP contribution in [0.4, 0.5) is 0 Å². The van der Waals surface area contributed by atoms with Gasteiger partial charge >= 0.3 is 0 Å². The molecular weight excluding hydrogens is 464 g/mol. The van der Waals surface area contributed by atoms with Crippen LogP contribution in [-0.2, 0) is 4.79 Å². The topological polar surface area (TPSA) is 55.9 Å². The third-order valence-corrected chi connectivity index (χ3v) is 7.28. The maximum atomic E-state index is 13.2. The average molecular weight is 498 g/mol. The van der Waals surface area contributed by atoms with Crippen molar-refractivity contribution in [1.29, 1.82) is 0 Å². The number of hydrogen-bond donors (Lipinski definition) is 1. The quantitative estimate of drug-likeness (QED) is 0.569. The molecule has 8 heteroatoms. The van der Waals surface area contributed by atoms with Crippen LogP contribution in [0.3, 0.4) is 0 Å². The minimum Gasteiger partial charge on any atom is -0.340 e. The lowest BCUT2D eigenvalue weighted by molar-refractivity contribution is -0.135. The van der Waals surface area contributed by atoms with E-state index in [-0.39, 0.29) is 11.8 Å². The minimum atomic E-state index is -0.479. The summed E-state index contributed by atoms with van der Waals surface area (Å²) in [5.74, 6) is 0.678. The Hall–Kier alpha value is -1.09. The molecule has 1 unspecified atom stereocenters. The molecule has 2 fully saturated rings. The summed E-state index contributed by atoms with van der Waals surface area (Å²) in [7, 11) is 0. The molecule has 2 heterocycles. The normalized spacial score (nSPS) is 19.1. The molecule has 0 spiro atoms. The number of halogens is 1. The number of benzene rings is 1. The van der Waals surface area contributed by atoms with Gasteiger partial charge in [0.15, 0.2) is 0 Å². The molecular formula is C22H33BrN4O2S. The van der Waals surface area contributed by atoms with E-state index >= 15 is 0 Å². The van der Waals surface area contributed by atoms with Crippen LogP contribution in [0, 0.1) is 0 Å². The summed E-state index contributed by atoms with van der Waals surface area (Å²) < 4.78 is 0.741. The van der Waals surface area contributed by atoms with E-state index in [9.17, 15) is 9.59 Å². The number of thioether (sulfide) groups is 1. The Kier molecular flexibility index (Phi) is 9.49. The Labute approximate surface area is 192 Å². The maximum absolute atomic E-state index is 13.2. The van der Waals surface area contributed by atoms with Crippen molar-refractivity contribution in [3.05, 3.63) is 34.3 Å². The number of carbonyl (C=O) groups is 2. The van der Waals surface area contributed by atoms with Gasteiger partial charge in [-0.05, 0) is 72.4 Å². The molecule has 0 aliphatic carbocycles. The third-order valence-electron chi connectivity index (χ3n) is 5.95. The van der Waals surface area contributed by atoms with E-state index in [4.69, 9.17) is 0 Å². The molecule has 2 amide bonds. The van der Waals surface area contributed by atoms with E-state index in [1.807, 2.05) is 29.4 Å². The van der Waals surface area contributed by atoms with Crippen LogP contribution in [-0.4, -0.2) is 96.9 Å². The van der Waals surface area contributed by atoms with E-state index in [1.54, 1.807) is 17.8 Å². The van der Waals surface area contributed by atoms with Gasteiger partial charge in [0.25, 0.3) is 5.91 Å². The number of rotatable bonds is 9. The van der Waals surface area contributed by atoms with Crippen LogP contribution in [0.1, 0.15) is 29.6 Å². The zero-order valence-corrected chi connectivity index (χ0v) is 20.2. The van der Waals surface area contributed by atoms with E-state index in [0.717, 1.165) is 49.5 Å². The first-order chi connectivity index (χ1) is 14.6. The van der Waals surface area contributed by atoms with Gasteiger partial charge < -0.3 is 15.1 Å². The van der Waals surface area contributed by atoms with Crippen molar-refractivity contribution in [3.63, 3.8) is 0 Å². The lowest BCUT2D eigenvalue weighted by Gasteiger charge is -2.37. The fourth-order valence-electron chi connectivity index (χ4n) is 4.08. The lowest BCUT2D eigenvalue weighted by Crippen LogP contribution is -2.55. The Morgan fingerprint density at radius 2 is 1.67 bits per heavy atom. The zero-order valence-electron chi connectivity index (χ0n) is 17.8. The highest BCUT2D eigenvalue weighted by molar-refractivity contribution is 9.10. The largest absolute Gasteiger partial charge is 0.340 e. The molecule has 2 aliphatic heterocycles. The third kappa shape index (κ3) is 6.70. The van der Waals surface area contributed by atoms with Gasteiger partial charge in [-0.25, -0.2) is 0 Å². The number of nitrogens with zero attached hydrogens (tertiary/aromatic N) is 3. The molecule has 2 saturated heterocycles. The predicted molar refractivity (Wildman–Crippen MR) is 127 cm³/mol. The summed E-state index contributed by atoms with van der Waals surface area (Å²) in [5, 5.41) is 2.99. The van der Waals surface area contributed by atoms with Gasteiger partial charge in [0.2, 0.25) is 5.91 Å². The SMILES string of the molecule is CSCCC(NC(=O)c1ccccc1Br)C(=O)N1CCN(CCN2CCCC2)CC1. The Bertz CT molecular complexity index is 706. The average Bonchev–Trinajstić information content (AvgIpc) is 3.29. The van der Waals surface area contributed by atoms with Gasteiger partial charge in [-0.1, -0.05) is 12.1 Å². The van der Waals surface area contributed by atoms with Gasteiger partial charge in [-0.2, -0.15) is 11.8 Å². The van der Waals surface area contributed by atoms with Crippen LogP contribution >= 0.6 is 27.7 Å². The molecule has 0 radical (unpaired) electrons. The van der Waals surface area contributed by atoms with Crippen LogP contribution in [0.15, 0.2) is 28.7 Å². The smallest absolute Gasteiger partial charge is 0.253 e. The lowest BCUT2D eigenvalue weighted by atomic mass is 10.1. The number of carbonyl (C=O) groups excluding carboxylic acids is 2. The van der Waals surface area contributed by atoms with Crippen molar-refractivity contribution in [2.24, 2.45) is 0 Å². The van der Waals surface area contributed by atoms with Crippen molar-refractivity contribution in [1.82, 2.24) is 20.0 Å². The fraction of sp³-hybridized carbons (Fsp3) is 0.636. The summed E-state index contributed by atoms with van der Waals surface area (Å²) >= 11 is 5.12. The number of hydrogen-bond acceptors (Lipinski definition) is 5. The molecule has 0 bridgehead atoms. The molecule has 1 N–H and O–H groups in total. The van der Waals surface area contributed by atoms with Gasteiger partial charge in [0.1, 0.15) is 6.04 Å². The van der Waals surface area contributed by atoms with Crippen LogP contribution in [0.2, 0.25) is 0 Å². The van der Waals surface area contributed by atoms with Gasteiger partial charge in [0.05, 0.1) is 5.56 Å². The molecule has 2 aliphatic rings. The van der Waals surface area contributed by atoms with Gasteiger partial charge in [0, 0.05) is 43.7 Å². The first kappa shape index (κ1) is 23.6. The minimum absolute atomic E-state index is 0.0450. The Morgan fingerprint density at radius 1 is 1.03 bits per heavy atom. The number of nitrogens with one attached hydrogen (secondary N) is 1. The van der Waals surface area contributed by atoms with Gasteiger partial charge in [-0.15, -0.1) is 0 Å². The molecule has 30 heavy (non-hydrogen) atoms. The second-order valence-electron chi connectivity index (χ2n) is 8.00. The molecule has 1 atom stereocenters. The predicted octanol–water partition coefficient (Wildman–Crippen LogP) is 2.54. The second-order valence-corrected chi connectivity index (χ2v) is 9.84. The highest BCUT2D eigenvalue weighted by atomic mass is 79.9. The molecule has 0 aromatic heterocycles. The first-order valence-corrected chi connectivity index (χ1v) is 13.0. The Morgan fingerprint density at radius 3 is 2.30 bits per heavy atom. The van der Waals surface area contributed by atoms with Crippen molar-refractivity contribution in [2.45, 2.75) is 25.3 Å². The maximum Gasteiger partial charge on any atom is 0.253 e. The summed E-state index contributed by atoms with van der Waals surface area (Å²) in [6, 6.07) is 6.84. The molecule has 1 aromatic carbocycles. The van der Waals surface area contributed by atoms with E-state index in [1.165, 1.54) is 25.9 Å².